The topological polar surface area (TPSA) is 75.4 Å². The molecule has 2 atom stereocenters. The van der Waals surface area contributed by atoms with Crippen LogP contribution in [0, 0.1) is 5.92 Å². The quantitative estimate of drug-likeness (QED) is 0.857. The second-order valence-corrected chi connectivity index (χ2v) is 6.35. The first-order chi connectivity index (χ1) is 9.97. The predicted molar refractivity (Wildman–Crippen MR) is 84.8 cm³/mol. The number of hydrogen-bond donors (Lipinski definition) is 2. The average molecular weight is 354 g/mol. The van der Waals surface area contributed by atoms with Crippen LogP contribution in [0.1, 0.15) is 23.7 Å². The second-order valence-electron chi connectivity index (χ2n) is 5.50. The van der Waals surface area contributed by atoms with Gasteiger partial charge in [-0.1, -0.05) is 12.1 Å². The number of rotatable bonds is 4. The molecule has 2 rings (SSSR count). The van der Waals surface area contributed by atoms with Gasteiger partial charge in [0.05, 0.1) is 12.1 Å². The lowest BCUT2D eigenvalue weighted by atomic mass is 10.0. The first kappa shape index (κ1) is 16.1. The highest BCUT2D eigenvalue weighted by Crippen LogP contribution is 2.18. The van der Waals surface area contributed by atoms with E-state index in [4.69, 9.17) is 5.73 Å². The first-order valence-corrected chi connectivity index (χ1v) is 7.83. The van der Waals surface area contributed by atoms with Crippen LogP contribution in [0.25, 0.3) is 0 Å². The summed E-state index contributed by atoms with van der Waals surface area (Å²) in [6.07, 6.45) is 1.00. The minimum Gasteiger partial charge on any atom is -0.328 e. The third kappa shape index (κ3) is 4.36. The van der Waals surface area contributed by atoms with Gasteiger partial charge in [0.1, 0.15) is 0 Å². The zero-order valence-corrected chi connectivity index (χ0v) is 13.6. The van der Waals surface area contributed by atoms with Crippen molar-refractivity contribution < 1.29 is 9.59 Å². The van der Waals surface area contributed by atoms with Crippen molar-refractivity contribution in [3.8, 4) is 0 Å². The zero-order valence-electron chi connectivity index (χ0n) is 12.0. The third-order valence-corrected chi connectivity index (χ3v) is 4.48. The molecule has 1 aromatic rings. The molecule has 1 aliphatic rings. The summed E-state index contributed by atoms with van der Waals surface area (Å²) in [7, 11) is 0. The fraction of sp³-hybridized carbons (Fsp3) is 0.467. The van der Waals surface area contributed by atoms with E-state index in [0.717, 1.165) is 19.5 Å². The highest BCUT2D eigenvalue weighted by Gasteiger charge is 2.26. The predicted octanol–water partition coefficient (Wildman–Crippen LogP) is 1.37. The van der Waals surface area contributed by atoms with Gasteiger partial charge < -0.3 is 5.73 Å². The molecule has 21 heavy (non-hydrogen) atoms. The number of carbonyl (C=O) groups is 2. The summed E-state index contributed by atoms with van der Waals surface area (Å²) < 4.78 is 0.675. The van der Waals surface area contributed by atoms with Crippen molar-refractivity contribution in [2.75, 3.05) is 19.6 Å². The summed E-state index contributed by atoms with van der Waals surface area (Å²) in [5, 5.41) is 2.43. The van der Waals surface area contributed by atoms with Gasteiger partial charge in [-0.3, -0.25) is 19.8 Å². The molecule has 2 amide bonds. The molecule has 1 fully saturated rings. The van der Waals surface area contributed by atoms with Gasteiger partial charge in [0, 0.05) is 17.1 Å². The van der Waals surface area contributed by atoms with Crippen LogP contribution in [0.2, 0.25) is 0 Å². The van der Waals surface area contributed by atoms with Crippen LogP contribution < -0.4 is 11.1 Å². The van der Waals surface area contributed by atoms with Gasteiger partial charge in [-0.15, -0.1) is 0 Å². The number of nitrogens with one attached hydrogen (secondary N) is 1. The van der Waals surface area contributed by atoms with E-state index in [9.17, 15) is 9.59 Å². The Morgan fingerprint density at radius 3 is 2.81 bits per heavy atom. The maximum absolute atomic E-state index is 12.0. The Labute approximate surface area is 133 Å². The first-order valence-electron chi connectivity index (χ1n) is 7.04. The molecular weight excluding hydrogens is 334 g/mol. The molecule has 3 N–H and O–H groups in total. The van der Waals surface area contributed by atoms with E-state index in [1.54, 1.807) is 18.2 Å². The number of benzene rings is 1. The molecule has 114 valence electrons. The van der Waals surface area contributed by atoms with Crippen molar-refractivity contribution in [2.45, 2.75) is 19.4 Å². The van der Waals surface area contributed by atoms with Gasteiger partial charge >= 0.3 is 0 Å². The zero-order chi connectivity index (χ0) is 15.4. The standard InChI is InChI=1S/C15H20BrN3O2/c1-10(17)11-6-7-19(8-11)9-14(20)18-15(21)12-4-2-3-5-13(12)16/h2-5,10-11H,6-9,17H2,1H3,(H,18,20,21). The highest BCUT2D eigenvalue weighted by molar-refractivity contribution is 9.10. The van der Waals surface area contributed by atoms with Gasteiger partial charge in [-0.25, -0.2) is 0 Å². The monoisotopic (exact) mass is 353 g/mol. The van der Waals surface area contributed by atoms with Crippen molar-refractivity contribution in [3.63, 3.8) is 0 Å². The summed E-state index contributed by atoms with van der Waals surface area (Å²) in [5.74, 6) is -0.228. The summed E-state index contributed by atoms with van der Waals surface area (Å²) in [6.45, 7) is 3.89. The molecule has 1 aliphatic heterocycles. The van der Waals surface area contributed by atoms with Crippen molar-refractivity contribution in [2.24, 2.45) is 11.7 Å². The Kier molecular flexibility index (Phi) is 5.50. The van der Waals surface area contributed by atoms with Crippen LogP contribution in [0.3, 0.4) is 0 Å². The largest absolute Gasteiger partial charge is 0.328 e. The van der Waals surface area contributed by atoms with Gasteiger partial charge in [-0.2, -0.15) is 0 Å². The Hall–Kier alpha value is -1.24. The lowest BCUT2D eigenvalue weighted by Gasteiger charge is -2.17. The number of nitrogens with zero attached hydrogens (tertiary/aromatic N) is 1. The minimum absolute atomic E-state index is 0.139. The minimum atomic E-state index is -0.379. The maximum Gasteiger partial charge on any atom is 0.259 e. The Balaban J connectivity index is 1.85. The van der Waals surface area contributed by atoms with E-state index in [-0.39, 0.29) is 24.4 Å². The fourth-order valence-electron chi connectivity index (χ4n) is 2.52. The van der Waals surface area contributed by atoms with E-state index in [1.165, 1.54) is 0 Å². The SMILES string of the molecule is CC(N)C1CCN(CC(=O)NC(=O)c2ccccc2Br)C1. The van der Waals surface area contributed by atoms with Crippen LogP contribution in [0.15, 0.2) is 28.7 Å². The average Bonchev–Trinajstić information content (AvgIpc) is 2.87. The van der Waals surface area contributed by atoms with Crippen molar-refractivity contribution in [1.82, 2.24) is 10.2 Å². The van der Waals surface area contributed by atoms with Crippen LogP contribution in [-0.2, 0) is 4.79 Å². The van der Waals surface area contributed by atoms with Gasteiger partial charge in [0.25, 0.3) is 5.91 Å². The molecule has 6 heteroatoms. The lowest BCUT2D eigenvalue weighted by Crippen LogP contribution is -2.40. The van der Waals surface area contributed by atoms with Gasteiger partial charge in [0.15, 0.2) is 0 Å². The summed E-state index contributed by atoms with van der Waals surface area (Å²) in [4.78, 5) is 26.0. The Morgan fingerprint density at radius 1 is 1.48 bits per heavy atom. The normalized spacial score (nSPS) is 20.2. The van der Waals surface area contributed by atoms with E-state index >= 15 is 0 Å². The molecular formula is C15H20BrN3O2. The molecule has 1 aromatic carbocycles. The lowest BCUT2D eigenvalue weighted by molar-refractivity contribution is -0.121. The maximum atomic E-state index is 12.0. The fourth-order valence-corrected chi connectivity index (χ4v) is 2.98. The van der Waals surface area contributed by atoms with Crippen molar-refractivity contribution >= 4 is 27.7 Å². The van der Waals surface area contributed by atoms with E-state index in [1.807, 2.05) is 17.9 Å². The smallest absolute Gasteiger partial charge is 0.259 e. The highest BCUT2D eigenvalue weighted by atomic mass is 79.9. The summed E-state index contributed by atoms with van der Waals surface area (Å²) >= 11 is 3.30. The Morgan fingerprint density at radius 2 is 2.19 bits per heavy atom. The number of hydrogen-bond acceptors (Lipinski definition) is 4. The summed E-state index contributed by atoms with van der Waals surface area (Å²) in [6, 6.07) is 7.17. The molecule has 1 heterocycles. The number of amides is 2. The third-order valence-electron chi connectivity index (χ3n) is 3.79. The number of likely N-dealkylation sites (tertiary alicyclic amines) is 1. The molecule has 0 radical (unpaired) electrons. The van der Waals surface area contributed by atoms with Crippen molar-refractivity contribution in [3.05, 3.63) is 34.3 Å². The number of carbonyl (C=O) groups excluding carboxylic acids is 2. The molecule has 0 saturated carbocycles. The molecule has 5 nitrogen and oxygen atoms in total. The van der Waals surface area contributed by atoms with Gasteiger partial charge in [0.2, 0.25) is 5.91 Å². The van der Waals surface area contributed by atoms with E-state index < -0.39 is 0 Å². The van der Waals surface area contributed by atoms with Crippen LogP contribution >= 0.6 is 15.9 Å². The molecule has 0 spiro atoms. The molecule has 0 aromatic heterocycles. The molecule has 2 unspecified atom stereocenters. The molecule has 1 saturated heterocycles. The molecule has 0 bridgehead atoms. The molecule has 0 aliphatic carbocycles. The van der Waals surface area contributed by atoms with Crippen LogP contribution in [-0.4, -0.2) is 42.4 Å². The van der Waals surface area contributed by atoms with Crippen molar-refractivity contribution in [1.29, 1.82) is 0 Å². The number of imide groups is 1. The second kappa shape index (κ2) is 7.15. The summed E-state index contributed by atoms with van der Waals surface area (Å²) in [5.41, 5.74) is 6.34. The van der Waals surface area contributed by atoms with E-state index in [2.05, 4.69) is 21.2 Å². The number of halogens is 1. The van der Waals surface area contributed by atoms with E-state index in [0.29, 0.717) is 16.0 Å². The Bertz CT molecular complexity index is 533. The van der Waals surface area contributed by atoms with Crippen LogP contribution in [0.5, 0.6) is 0 Å². The number of nitrogens with two attached hydrogens (primary N) is 1. The van der Waals surface area contributed by atoms with Gasteiger partial charge in [-0.05, 0) is 53.9 Å². The van der Waals surface area contributed by atoms with Crippen LogP contribution in [0.4, 0.5) is 0 Å².